The Balaban J connectivity index is 2.39. The zero-order valence-corrected chi connectivity index (χ0v) is 12.0. The summed E-state index contributed by atoms with van der Waals surface area (Å²) in [5.41, 5.74) is 1.23. The van der Waals surface area contributed by atoms with Crippen LogP contribution in [0.1, 0.15) is 30.8 Å². The molecule has 5 heteroatoms. The van der Waals surface area contributed by atoms with Gasteiger partial charge in [-0.15, -0.1) is 0 Å². The maximum atomic E-state index is 11.3. The second-order valence-electron chi connectivity index (χ2n) is 4.23. The normalized spacial score (nSPS) is 10.5. The van der Waals surface area contributed by atoms with Gasteiger partial charge in [0.05, 0.1) is 7.11 Å². The van der Waals surface area contributed by atoms with Gasteiger partial charge in [0.25, 0.3) is 0 Å². The second kappa shape index (κ2) is 8.48. The number of hydrogen-bond acceptors (Lipinski definition) is 5. The molecule has 0 aliphatic heterocycles. The van der Waals surface area contributed by atoms with Crippen LogP contribution in [0.3, 0.4) is 0 Å². The molecule has 1 heterocycles. The lowest BCUT2D eigenvalue weighted by molar-refractivity contribution is 0.0594. The highest BCUT2D eigenvalue weighted by Crippen LogP contribution is 2.08. The standard InChI is InChI=1S/C14H23N3O2/c1-4-17(5-2)10-6-8-15-12-7-9-16-13(11-12)14(18)19-3/h7,9,11H,4-6,8,10H2,1-3H3,(H,15,16). The van der Waals surface area contributed by atoms with Crippen LogP contribution >= 0.6 is 0 Å². The van der Waals surface area contributed by atoms with Gasteiger partial charge in [-0.05, 0) is 38.2 Å². The average molecular weight is 265 g/mol. The molecular formula is C14H23N3O2. The Hall–Kier alpha value is -1.62. The predicted octanol–water partition coefficient (Wildman–Crippen LogP) is 2.01. The number of rotatable bonds is 8. The maximum Gasteiger partial charge on any atom is 0.356 e. The molecule has 1 aromatic rings. The van der Waals surface area contributed by atoms with Crippen molar-refractivity contribution in [3.63, 3.8) is 0 Å². The van der Waals surface area contributed by atoms with Gasteiger partial charge >= 0.3 is 5.97 Å². The Morgan fingerprint density at radius 2 is 2.16 bits per heavy atom. The maximum absolute atomic E-state index is 11.3. The third kappa shape index (κ3) is 5.26. The monoisotopic (exact) mass is 265 g/mol. The summed E-state index contributed by atoms with van der Waals surface area (Å²) in [6, 6.07) is 3.56. The molecule has 0 bridgehead atoms. The van der Waals surface area contributed by atoms with Crippen LogP contribution in [0.15, 0.2) is 18.3 Å². The number of methoxy groups -OCH3 is 1. The molecule has 0 saturated carbocycles. The van der Waals surface area contributed by atoms with Crippen LogP contribution in [0.4, 0.5) is 5.69 Å². The number of carbonyl (C=O) groups is 1. The van der Waals surface area contributed by atoms with Gasteiger partial charge < -0.3 is 15.0 Å². The van der Waals surface area contributed by atoms with E-state index in [0.29, 0.717) is 5.69 Å². The van der Waals surface area contributed by atoms with Crippen LogP contribution in [0.2, 0.25) is 0 Å². The van der Waals surface area contributed by atoms with Gasteiger partial charge in [0, 0.05) is 18.4 Å². The van der Waals surface area contributed by atoms with E-state index in [2.05, 4.69) is 33.8 Å². The van der Waals surface area contributed by atoms with Crippen molar-refractivity contribution < 1.29 is 9.53 Å². The second-order valence-corrected chi connectivity index (χ2v) is 4.23. The lowest BCUT2D eigenvalue weighted by Gasteiger charge is -2.17. The van der Waals surface area contributed by atoms with Crippen molar-refractivity contribution in [3.05, 3.63) is 24.0 Å². The summed E-state index contributed by atoms with van der Waals surface area (Å²) in [5.74, 6) is -0.410. The number of carbonyl (C=O) groups excluding carboxylic acids is 1. The molecule has 1 rings (SSSR count). The number of pyridine rings is 1. The number of esters is 1. The minimum Gasteiger partial charge on any atom is -0.464 e. The van der Waals surface area contributed by atoms with Crippen molar-refractivity contribution in [2.45, 2.75) is 20.3 Å². The first-order valence-electron chi connectivity index (χ1n) is 6.71. The molecule has 0 aliphatic carbocycles. The van der Waals surface area contributed by atoms with Crippen molar-refractivity contribution >= 4 is 11.7 Å². The number of aromatic nitrogens is 1. The highest BCUT2D eigenvalue weighted by atomic mass is 16.5. The molecule has 106 valence electrons. The van der Waals surface area contributed by atoms with Crippen LogP contribution in [-0.4, -0.2) is 49.1 Å². The highest BCUT2D eigenvalue weighted by Gasteiger charge is 2.07. The molecular weight excluding hydrogens is 242 g/mol. The molecule has 1 N–H and O–H groups in total. The van der Waals surface area contributed by atoms with Gasteiger partial charge in [-0.3, -0.25) is 0 Å². The number of hydrogen-bond donors (Lipinski definition) is 1. The lowest BCUT2D eigenvalue weighted by atomic mass is 10.3. The van der Waals surface area contributed by atoms with Crippen LogP contribution < -0.4 is 5.32 Å². The number of nitrogens with zero attached hydrogens (tertiary/aromatic N) is 2. The summed E-state index contributed by atoms with van der Waals surface area (Å²) >= 11 is 0. The van der Waals surface area contributed by atoms with Gasteiger partial charge in [-0.1, -0.05) is 13.8 Å². The van der Waals surface area contributed by atoms with Crippen molar-refractivity contribution in [3.8, 4) is 0 Å². The molecule has 1 aromatic heterocycles. The molecule has 0 spiro atoms. The Morgan fingerprint density at radius 1 is 1.42 bits per heavy atom. The van der Waals surface area contributed by atoms with Crippen molar-refractivity contribution in [2.75, 3.05) is 38.6 Å². The van der Waals surface area contributed by atoms with Crippen molar-refractivity contribution in [1.29, 1.82) is 0 Å². The van der Waals surface area contributed by atoms with E-state index in [0.717, 1.165) is 38.3 Å². The first-order valence-corrected chi connectivity index (χ1v) is 6.71. The molecule has 0 fully saturated rings. The van der Waals surface area contributed by atoms with Crippen LogP contribution in [0.25, 0.3) is 0 Å². The minimum absolute atomic E-state index is 0.330. The summed E-state index contributed by atoms with van der Waals surface area (Å²) in [5, 5.41) is 3.29. The van der Waals surface area contributed by atoms with E-state index in [1.165, 1.54) is 7.11 Å². The molecule has 0 aromatic carbocycles. The van der Waals surface area contributed by atoms with Gasteiger partial charge in [0.1, 0.15) is 5.69 Å². The molecule has 0 saturated heterocycles. The van der Waals surface area contributed by atoms with E-state index in [-0.39, 0.29) is 0 Å². The number of anilines is 1. The summed E-state index contributed by atoms with van der Waals surface area (Å²) in [6.07, 6.45) is 2.68. The molecule has 5 nitrogen and oxygen atoms in total. The fourth-order valence-electron chi connectivity index (χ4n) is 1.83. The Labute approximate surface area is 115 Å². The smallest absolute Gasteiger partial charge is 0.356 e. The van der Waals surface area contributed by atoms with Gasteiger partial charge in [0.2, 0.25) is 0 Å². The van der Waals surface area contributed by atoms with Crippen LogP contribution in [0, 0.1) is 0 Å². The van der Waals surface area contributed by atoms with E-state index >= 15 is 0 Å². The summed E-state index contributed by atoms with van der Waals surface area (Å²) < 4.78 is 4.64. The third-order valence-corrected chi connectivity index (χ3v) is 3.03. The van der Waals surface area contributed by atoms with Gasteiger partial charge in [-0.2, -0.15) is 0 Å². The topological polar surface area (TPSA) is 54.5 Å². The molecule has 0 unspecified atom stereocenters. The average Bonchev–Trinajstić information content (AvgIpc) is 2.47. The lowest BCUT2D eigenvalue weighted by Crippen LogP contribution is -2.25. The predicted molar refractivity (Wildman–Crippen MR) is 76.5 cm³/mol. The first-order chi connectivity index (χ1) is 9.21. The number of nitrogens with one attached hydrogen (secondary N) is 1. The third-order valence-electron chi connectivity index (χ3n) is 3.03. The molecule has 0 aliphatic rings. The first kappa shape index (κ1) is 15.4. The van der Waals surface area contributed by atoms with Gasteiger partial charge in [0.15, 0.2) is 0 Å². The Morgan fingerprint density at radius 3 is 2.79 bits per heavy atom. The fraction of sp³-hybridized carbons (Fsp3) is 0.571. The van der Waals surface area contributed by atoms with E-state index in [4.69, 9.17) is 0 Å². The van der Waals surface area contributed by atoms with E-state index in [1.54, 1.807) is 12.3 Å². The zero-order valence-electron chi connectivity index (χ0n) is 12.0. The van der Waals surface area contributed by atoms with Crippen molar-refractivity contribution in [2.24, 2.45) is 0 Å². The quantitative estimate of drug-likeness (QED) is 0.575. The summed E-state index contributed by atoms with van der Waals surface area (Å²) in [4.78, 5) is 17.7. The van der Waals surface area contributed by atoms with E-state index < -0.39 is 5.97 Å². The van der Waals surface area contributed by atoms with Crippen LogP contribution in [-0.2, 0) is 4.74 Å². The zero-order chi connectivity index (χ0) is 14.1. The Bertz CT molecular complexity index is 392. The molecule has 0 radical (unpaired) electrons. The van der Waals surface area contributed by atoms with E-state index in [9.17, 15) is 4.79 Å². The van der Waals surface area contributed by atoms with Crippen molar-refractivity contribution in [1.82, 2.24) is 9.88 Å². The van der Waals surface area contributed by atoms with Crippen LogP contribution in [0.5, 0.6) is 0 Å². The fourth-order valence-corrected chi connectivity index (χ4v) is 1.83. The molecule has 0 atom stereocenters. The SMILES string of the molecule is CCN(CC)CCCNc1ccnc(C(=O)OC)c1. The summed E-state index contributed by atoms with van der Waals surface area (Å²) in [6.45, 7) is 8.46. The Kier molecular flexibility index (Phi) is 6.89. The largest absolute Gasteiger partial charge is 0.464 e. The molecule has 0 amide bonds. The molecule has 19 heavy (non-hydrogen) atoms. The minimum atomic E-state index is -0.410. The highest BCUT2D eigenvalue weighted by molar-refractivity contribution is 5.88. The van der Waals surface area contributed by atoms with Gasteiger partial charge in [-0.25, -0.2) is 9.78 Å². The number of ether oxygens (including phenoxy) is 1. The summed E-state index contributed by atoms with van der Waals surface area (Å²) in [7, 11) is 1.36. The van der Waals surface area contributed by atoms with E-state index in [1.807, 2.05) is 6.07 Å².